The van der Waals surface area contributed by atoms with E-state index in [1.54, 1.807) is 13.2 Å². The number of rotatable bonds is 6. The van der Waals surface area contributed by atoms with Crippen molar-refractivity contribution in [1.29, 1.82) is 0 Å². The highest BCUT2D eigenvalue weighted by molar-refractivity contribution is 5.92. The van der Waals surface area contributed by atoms with Crippen LogP contribution in [0.5, 0.6) is 5.75 Å². The van der Waals surface area contributed by atoms with E-state index in [0.717, 1.165) is 42.1 Å². The Kier molecular flexibility index (Phi) is 6.31. The Bertz CT molecular complexity index is 1030. The quantitative estimate of drug-likeness (QED) is 0.569. The van der Waals surface area contributed by atoms with Crippen molar-refractivity contribution in [3.8, 4) is 17.1 Å². The van der Waals surface area contributed by atoms with E-state index in [1.165, 1.54) is 0 Å². The number of carbonyl (C=O) groups excluding carboxylic acids is 1. The molecule has 1 aliphatic heterocycles. The summed E-state index contributed by atoms with van der Waals surface area (Å²) in [4.78, 5) is 21.1. The largest absolute Gasteiger partial charge is 0.497 e. The number of hydrogen-bond acceptors (Lipinski definition) is 6. The third-order valence-electron chi connectivity index (χ3n) is 5.39. The summed E-state index contributed by atoms with van der Waals surface area (Å²) in [6.45, 7) is 4.96. The predicted molar refractivity (Wildman–Crippen MR) is 120 cm³/mol. The molecule has 1 amide bonds. The van der Waals surface area contributed by atoms with Crippen LogP contribution in [0.1, 0.15) is 18.4 Å². The Morgan fingerprint density at radius 1 is 1.06 bits per heavy atom. The first-order valence-electron chi connectivity index (χ1n) is 10.5. The van der Waals surface area contributed by atoms with E-state index in [1.807, 2.05) is 54.3 Å². The second-order valence-electron chi connectivity index (χ2n) is 7.33. The van der Waals surface area contributed by atoms with Gasteiger partial charge in [0.15, 0.2) is 0 Å². The maximum Gasteiger partial charge on any atom is 0.246 e. The van der Waals surface area contributed by atoms with Gasteiger partial charge < -0.3 is 19.1 Å². The van der Waals surface area contributed by atoms with Crippen LogP contribution in [0.2, 0.25) is 0 Å². The lowest BCUT2D eigenvalue weighted by atomic mass is 10.1. The molecule has 7 heteroatoms. The van der Waals surface area contributed by atoms with Gasteiger partial charge in [0.25, 0.3) is 0 Å². The fraction of sp³-hybridized carbons (Fsp3) is 0.292. The summed E-state index contributed by atoms with van der Waals surface area (Å²) in [5.41, 5.74) is 3.04. The van der Waals surface area contributed by atoms with Gasteiger partial charge in [0.2, 0.25) is 17.6 Å². The lowest BCUT2D eigenvalue weighted by Crippen LogP contribution is -2.48. The molecule has 0 bridgehead atoms. The van der Waals surface area contributed by atoms with Gasteiger partial charge in [0, 0.05) is 49.9 Å². The molecule has 2 aromatic carbocycles. The summed E-state index contributed by atoms with van der Waals surface area (Å²) in [5, 5.41) is 4.02. The molecule has 0 radical (unpaired) electrons. The maximum absolute atomic E-state index is 12.5. The van der Waals surface area contributed by atoms with Gasteiger partial charge in [-0.1, -0.05) is 24.2 Å². The van der Waals surface area contributed by atoms with Gasteiger partial charge in [-0.15, -0.1) is 0 Å². The van der Waals surface area contributed by atoms with Crippen LogP contribution in [0.15, 0.2) is 59.1 Å². The molecule has 31 heavy (non-hydrogen) atoms. The SMILES string of the molecule is CCc1nc(-c2ccc(N3CCN(C(=O)/C=C/c4ccc(OC)cc4)CC3)cc2)no1. The number of piperazine rings is 1. The third kappa shape index (κ3) is 4.94. The molecule has 7 nitrogen and oxygen atoms in total. The van der Waals surface area contributed by atoms with Crippen molar-refractivity contribution in [3.63, 3.8) is 0 Å². The number of ether oxygens (including phenoxy) is 1. The zero-order chi connectivity index (χ0) is 21.6. The number of benzene rings is 2. The number of aromatic nitrogens is 2. The molecule has 1 saturated heterocycles. The highest BCUT2D eigenvalue weighted by Gasteiger charge is 2.20. The summed E-state index contributed by atoms with van der Waals surface area (Å²) in [7, 11) is 1.64. The van der Waals surface area contributed by atoms with E-state index >= 15 is 0 Å². The van der Waals surface area contributed by atoms with Crippen molar-refractivity contribution >= 4 is 17.7 Å². The lowest BCUT2D eigenvalue weighted by Gasteiger charge is -2.35. The van der Waals surface area contributed by atoms with Crippen molar-refractivity contribution < 1.29 is 14.1 Å². The minimum absolute atomic E-state index is 0.0367. The second-order valence-corrected chi connectivity index (χ2v) is 7.33. The number of methoxy groups -OCH3 is 1. The predicted octanol–water partition coefficient (Wildman–Crippen LogP) is 3.67. The Balaban J connectivity index is 1.31. The molecule has 0 atom stereocenters. The standard InChI is InChI=1S/C24H26N4O3/c1-3-22-25-24(26-31-22)19-7-9-20(10-8-19)27-14-16-28(17-15-27)23(29)13-6-18-4-11-21(30-2)12-5-18/h4-13H,3,14-17H2,1-2H3/b13-6+. The summed E-state index contributed by atoms with van der Waals surface area (Å²) in [6.07, 6.45) is 4.21. The molecule has 4 rings (SSSR count). The van der Waals surface area contributed by atoms with Crippen LogP contribution in [0.4, 0.5) is 5.69 Å². The van der Waals surface area contributed by atoms with Crippen LogP contribution in [-0.2, 0) is 11.2 Å². The van der Waals surface area contributed by atoms with Gasteiger partial charge in [0.05, 0.1) is 7.11 Å². The molecule has 3 aromatic rings. The summed E-state index contributed by atoms with van der Waals surface area (Å²) in [5.74, 6) is 2.09. The van der Waals surface area contributed by atoms with Gasteiger partial charge in [-0.25, -0.2) is 0 Å². The normalized spacial score (nSPS) is 14.3. The molecule has 0 spiro atoms. The van der Waals surface area contributed by atoms with Crippen molar-refractivity contribution in [2.45, 2.75) is 13.3 Å². The van der Waals surface area contributed by atoms with Crippen molar-refractivity contribution in [2.24, 2.45) is 0 Å². The third-order valence-corrected chi connectivity index (χ3v) is 5.39. The van der Waals surface area contributed by atoms with Crippen LogP contribution in [0, 0.1) is 0 Å². The van der Waals surface area contributed by atoms with E-state index < -0.39 is 0 Å². The molecule has 160 valence electrons. The van der Waals surface area contributed by atoms with E-state index in [9.17, 15) is 4.79 Å². The first-order chi connectivity index (χ1) is 15.2. The smallest absolute Gasteiger partial charge is 0.246 e. The van der Waals surface area contributed by atoms with E-state index in [2.05, 4.69) is 27.2 Å². The Hall–Kier alpha value is -3.61. The highest BCUT2D eigenvalue weighted by Crippen LogP contribution is 2.22. The number of aryl methyl sites for hydroxylation is 1. The lowest BCUT2D eigenvalue weighted by molar-refractivity contribution is -0.126. The van der Waals surface area contributed by atoms with Gasteiger partial charge in [-0.05, 0) is 48.0 Å². The Morgan fingerprint density at radius 3 is 2.39 bits per heavy atom. The number of carbonyl (C=O) groups is 1. The van der Waals surface area contributed by atoms with E-state index in [0.29, 0.717) is 24.8 Å². The fourth-order valence-corrected chi connectivity index (χ4v) is 3.51. The first kappa shape index (κ1) is 20.7. The number of nitrogens with zero attached hydrogens (tertiary/aromatic N) is 4. The molecule has 0 unspecified atom stereocenters. The van der Waals surface area contributed by atoms with Crippen molar-refractivity contribution in [2.75, 3.05) is 38.2 Å². The van der Waals surface area contributed by atoms with Crippen molar-refractivity contribution in [1.82, 2.24) is 15.0 Å². The first-order valence-corrected chi connectivity index (χ1v) is 10.5. The van der Waals surface area contributed by atoms with Crippen LogP contribution >= 0.6 is 0 Å². The van der Waals surface area contributed by atoms with Crippen LogP contribution in [0.3, 0.4) is 0 Å². The topological polar surface area (TPSA) is 71.7 Å². The zero-order valence-corrected chi connectivity index (χ0v) is 17.8. The molecule has 0 N–H and O–H groups in total. The molecular formula is C24H26N4O3. The van der Waals surface area contributed by atoms with Gasteiger partial charge in [-0.3, -0.25) is 4.79 Å². The Morgan fingerprint density at radius 2 is 1.77 bits per heavy atom. The molecular weight excluding hydrogens is 392 g/mol. The minimum Gasteiger partial charge on any atom is -0.497 e. The summed E-state index contributed by atoms with van der Waals surface area (Å²) < 4.78 is 10.3. The van der Waals surface area contributed by atoms with Crippen LogP contribution < -0.4 is 9.64 Å². The average Bonchev–Trinajstić information content (AvgIpc) is 3.32. The zero-order valence-electron chi connectivity index (χ0n) is 17.8. The van der Waals surface area contributed by atoms with Gasteiger partial charge >= 0.3 is 0 Å². The van der Waals surface area contributed by atoms with Crippen molar-refractivity contribution in [3.05, 3.63) is 66.1 Å². The summed E-state index contributed by atoms with van der Waals surface area (Å²) in [6, 6.07) is 15.8. The van der Waals surface area contributed by atoms with E-state index in [-0.39, 0.29) is 5.91 Å². The Labute approximate surface area is 181 Å². The van der Waals surface area contributed by atoms with Crippen LogP contribution in [0.25, 0.3) is 17.5 Å². The maximum atomic E-state index is 12.5. The summed E-state index contributed by atoms with van der Waals surface area (Å²) >= 11 is 0. The molecule has 1 aromatic heterocycles. The fourth-order valence-electron chi connectivity index (χ4n) is 3.51. The van der Waals surface area contributed by atoms with E-state index in [4.69, 9.17) is 9.26 Å². The molecule has 0 saturated carbocycles. The van der Waals surface area contributed by atoms with Gasteiger partial charge in [-0.2, -0.15) is 4.98 Å². The number of anilines is 1. The number of hydrogen-bond donors (Lipinski definition) is 0. The molecule has 1 fully saturated rings. The monoisotopic (exact) mass is 418 g/mol. The van der Waals surface area contributed by atoms with Gasteiger partial charge in [0.1, 0.15) is 5.75 Å². The number of amides is 1. The molecule has 0 aliphatic carbocycles. The highest BCUT2D eigenvalue weighted by atomic mass is 16.5. The minimum atomic E-state index is 0.0367. The molecule has 1 aliphatic rings. The second kappa shape index (κ2) is 9.47. The average molecular weight is 418 g/mol. The van der Waals surface area contributed by atoms with Crippen LogP contribution in [-0.4, -0.2) is 54.2 Å². The molecule has 2 heterocycles.